The summed E-state index contributed by atoms with van der Waals surface area (Å²) in [5, 5.41) is 11.6. The van der Waals surface area contributed by atoms with Crippen LogP contribution in [0.5, 0.6) is 0 Å². The summed E-state index contributed by atoms with van der Waals surface area (Å²) in [5.41, 5.74) is 0.0198. The zero-order chi connectivity index (χ0) is 17.9. The zero-order valence-electron chi connectivity index (χ0n) is 14.2. The Balaban J connectivity index is 1.42. The van der Waals surface area contributed by atoms with Gasteiger partial charge in [0.25, 0.3) is 11.5 Å². The number of H-pyrrole nitrogens is 1. The van der Waals surface area contributed by atoms with E-state index in [9.17, 15) is 9.59 Å². The van der Waals surface area contributed by atoms with Crippen LogP contribution in [0.3, 0.4) is 0 Å². The third kappa shape index (κ3) is 3.21. The van der Waals surface area contributed by atoms with Crippen LogP contribution in [0.1, 0.15) is 10.5 Å². The van der Waals surface area contributed by atoms with Crippen LogP contribution in [-0.4, -0.2) is 73.4 Å². The molecular weight excluding hydrogens is 334 g/mol. The number of fused-ring (bicyclic) bond motifs is 1. The largest absolute Gasteiger partial charge is 0.335 e. The minimum absolute atomic E-state index is 0.145. The monoisotopic (exact) mass is 353 g/mol. The highest BCUT2D eigenvalue weighted by molar-refractivity contribution is 6.04. The number of benzene rings is 1. The van der Waals surface area contributed by atoms with E-state index >= 15 is 0 Å². The molecule has 0 bridgehead atoms. The Morgan fingerprint density at radius 3 is 2.58 bits per heavy atom. The Morgan fingerprint density at radius 2 is 1.85 bits per heavy atom. The molecule has 1 aliphatic rings. The highest BCUT2D eigenvalue weighted by Crippen LogP contribution is 2.15. The molecular formula is C17H19N7O2. The van der Waals surface area contributed by atoms with Crippen molar-refractivity contribution in [2.24, 2.45) is 0 Å². The Bertz CT molecular complexity index is 959. The summed E-state index contributed by atoms with van der Waals surface area (Å²) in [5.74, 6) is -0.145. The van der Waals surface area contributed by atoms with E-state index in [1.807, 2.05) is 6.07 Å². The number of carbonyl (C=O) groups is 1. The van der Waals surface area contributed by atoms with Gasteiger partial charge in [-0.15, -0.1) is 0 Å². The molecule has 9 heteroatoms. The number of piperazine rings is 1. The number of hydrogen-bond acceptors (Lipinski definition) is 6. The predicted octanol–water partition coefficient (Wildman–Crippen LogP) is -0.0274. The Morgan fingerprint density at radius 1 is 1.08 bits per heavy atom. The highest BCUT2D eigenvalue weighted by Gasteiger charge is 2.24. The Kier molecular flexibility index (Phi) is 4.44. The lowest BCUT2D eigenvalue weighted by molar-refractivity contribution is 0.0627. The molecule has 9 nitrogen and oxygen atoms in total. The lowest BCUT2D eigenvalue weighted by Crippen LogP contribution is -2.49. The fourth-order valence-electron chi connectivity index (χ4n) is 3.19. The van der Waals surface area contributed by atoms with E-state index in [2.05, 4.69) is 25.2 Å². The minimum Gasteiger partial charge on any atom is -0.335 e. The predicted molar refractivity (Wildman–Crippen MR) is 94.7 cm³/mol. The standard InChI is InChI=1S/C17H19N7O2/c25-16-14-4-2-1-3-13(14)15(20-21-16)17(26)23-8-5-22(6-9-23)7-10-24-12-18-11-19-24/h1-4,11-12H,5-10H2,(H,21,25). The average molecular weight is 353 g/mol. The SMILES string of the molecule is O=C(c1n[nH]c(=O)c2ccccc12)N1CCN(CCn2cncn2)CC1. The summed E-state index contributed by atoms with van der Waals surface area (Å²) in [6, 6.07) is 7.05. The second-order valence-corrected chi connectivity index (χ2v) is 6.24. The van der Waals surface area contributed by atoms with Gasteiger partial charge in [0.05, 0.1) is 11.9 Å². The summed E-state index contributed by atoms with van der Waals surface area (Å²) in [7, 11) is 0. The van der Waals surface area contributed by atoms with E-state index < -0.39 is 0 Å². The van der Waals surface area contributed by atoms with Crippen LogP contribution in [-0.2, 0) is 6.54 Å². The van der Waals surface area contributed by atoms with Gasteiger partial charge < -0.3 is 4.90 Å². The lowest BCUT2D eigenvalue weighted by Gasteiger charge is -2.34. The molecule has 1 saturated heterocycles. The van der Waals surface area contributed by atoms with Gasteiger partial charge in [0.15, 0.2) is 5.69 Å². The van der Waals surface area contributed by atoms with Gasteiger partial charge in [-0.25, -0.2) is 10.1 Å². The van der Waals surface area contributed by atoms with Crippen molar-refractivity contribution in [2.75, 3.05) is 32.7 Å². The first-order valence-corrected chi connectivity index (χ1v) is 8.54. The highest BCUT2D eigenvalue weighted by atomic mass is 16.2. The van der Waals surface area contributed by atoms with Crippen molar-refractivity contribution in [1.82, 2.24) is 34.8 Å². The molecule has 0 spiro atoms. The van der Waals surface area contributed by atoms with Crippen LogP contribution in [0, 0.1) is 0 Å². The normalized spacial score (nSPS) is 15.5. The number of nitrogens with zero attached hydrogens (tertiary/aromatic N) is 6. The maximum Gasteiger partial charge on any atom is 0.275 e. The molecule has 0 unspecified atom stereocenters. The second-order valence-electron chi connectivity index (χ2n) is 6.24. The van der Waals surface area contributed by atoms with Crippen LogP contribution in [0.25, 0.3) is 10.8 Å². The van der Waals surface area contributed by atoms with Gasteiger partial charge in [0, 0.05) is 38.1 Å². The Labute approximate surface area is 149 Å². The smallest absolute Gasteiger partial charge is 0.275 e. The molecule has 3 aromatic rings. The molecule has 1 aliphatic heterocycles. The van der Waals surface area contributed by atoms with Gasteiger partial charge in [-0.05, 0) is 6.07 Å². The van der Waals surface area contributed by atoms with Gasteiger partial charge in [0.2, 0.25) is 0 Å². The third-order valence-corrected chi connectivity index (χ3v) is 4.67. The fraction of sp³-hybridized carbons (Fsp3) is 0.353. The zero-order valence-corrected chi connectivity index (χ0v) is 14.2. The van der Waals surface area contributed by atoms with E-state index in [0.717, 1.165) is 26.2 Å². The van der Waals surface area contributed by atoms with Crippen LogP contribution >= 0.6 is 0 Å². The first-order chi connectivity index (χ1) is 12.7. The van der Waals surface area contributed by atoms with Crippen molar-refractivity contribution in [2.45, 2.75) is 6.54 Å². The van der Waals surface area contributed by atoms with Crippen molar-refractivity contribution < 1.29 is 4.79 Å². The van der Waals surface area contributed by atoms with E-state index in [1.54, 1.807) is 34.1 Å². The van der Waals surface area contributed by atoms with Gasteiger partial charge >= 0.3 is 0 Å². The summed E-state index contributed by atoms with van der Waals surface area (Å²) in [6.07, 6.45) is 3.23. The number of carbonyl (C=O) groups excluding carboxylic acids is 1. The Hall–Kier alpha value is -3.07. The van der Waals surface area contributed by atoms with Crippen LogP contribution in [0.4, 0.5) is 0 Å². The fourth-order valence-corrected chi connectivity index (χ4v) is 3.19. The van der Waals surface area contributed by atoms with Crippen molar-refractivity contribution in [3.63, 3.8) is 0 Å². The molecule has 134 valence electrons. The summed E-state index contributed by atoms with van der Waals surface area (Å²) in [6.45, 7) is 4.49. The van der Waals surface area contributed by atoms with Gasteiger partial charge in [-0.2, -0.15) is 10.2 Å². The molecule has 26 heavy (non-hydrogen) atoms. The molecule has 4 rings (SSSR count). The number of rotatable bonds is 4. The number of amides is 1. The van der Waals surface area contributed by atoms with Crippen molar-refractivity contribution in [1.29, 1.82) is 0 Å². The van der Waals surface area contributed by atoms with E-state index in [-0.39, 0.29) is 11.5 Å². The lowest BCUT2D eigenvalue weighted by atomic mass is 10.1. The van der Waals surface area contributed by atoms with Crippen molar-refractivity contribution in [3.8, 4) is 0 Å². The quantitative estimate of drug-likeness (QED) is 0.707. The summed E-state index contributed by atoms with van der Waals surface area (Å²) >= 11 is 0. The summed E-state index contributed by atoms with van der Waals surface area (Å²) < 4.78 is 1.80. The van der Waals surface area contributed by atoms with E-state index in [0.29, 0.717) is 29.6 Å². The molecule has 1 amide bonds. The van der Waals surface area contributed by atoms with E-state index in [4.69, 9.17) is 0 Å². The van der Waals surface area contributed by atoms with Crippen molar-refractivity contribution in [3.05, 3.63) is 53.0 Å². The topological polar surface area (TPSA) is 100 Å². The molecule has 0 atom stereocenters. The maximum atomic E-state index is 12.9. The van der Waals surface area contributed by atoms with E-state index in [1.165, 1.54) is 6.33 Å². The van der Waals surface area contributed by atoms with Crippen molar-refractivity contribution >= 4 is 16.7 Å². The second kappa shape index (κ2) is 7.04. The third-order valence-electron chi connectivity index (χ3n) is 4.67. The first kappa shape index (κ1) is 16.4. The molecule has 0 radical (unpaired) electrons. The molecule has 3 heterocycles. The minimum atomic E-state index is -0.282. The molecule has 1 N–H and O–H groups in total. The molecule has 1 fully saturated rings. The van der Waals surface area contributed by atoms with Gasteiger partial charge in [-0.3, -0.25) is 19.2 Å². The molecule has 0 saturated carbocycles. The summed E-state index contributed by atoms with van der Waals surface area (Å²) in [4.78, 5) is 32.8. The molecule has 0 aliphatic carbocycles. The number of nitrogens with one attached hydrogen (secondary N) is 1. The number of hydrogen-bond donors (Lipinski definition) is 1. The molecule has 2 aromatic heterocycles. The number of aromatic nitrogens is 5. The van der Waals surface area contributed by atoms with Crippen LogP contribution in [0.2, 0.25) is 0 Å². The maximum absolute atomic E-state index is 12.9. The van der Waals surface area contributed by atoms with Gasteiger partial charge in [-0.1, -0.05) is 18.2 Å². The average Bonchev–Trinajstić information content (AvgIpc) is 3.20. The van der Waals surface area contributed by atoms with Crippen LogP contribution in [0.15, 0.2) is 41.7 Å². The number of aromatic amines is 1. The first-order valence-electron chi connectivity index (χ1n) is 8.54. The van der Waals surface area contributed by atoms with Crippen LogP contribution < -0.4 is 5.56 Å². The molecule has 1 aromatic carbocycles. The van der Waals surface area contributed by atoms with Gasteiger partial charge in [0.1, 0.15) is 12.7 Å².